The molecule has 3 aliphatic rings. The number of carbonyl (C=O) groups excluding carboxylic acids is 2. The van der Waals surface area contributed by atoms with Crippen molar-refractivity contribution in [1.82, 2.24) is 0 Å². The predicted molar refractivity (Wildman–Crippen MR) is 94.3 cm³/mol. The fourth-order valence-corrected chi connectivity index (χ4v) is 6.24. The van der Waals surface area contributed by atoms with Crippen molar-refractivity contribution in [3.63, 3.8) is 0 Å². The van der Waals surface area contributed by atoms with E-state index in [1.54, 1.807) is 6.92 Å². The molecule has 0 aromatic carbocycles. The molecule has 146 valence electrons. The Labute approximate surface area is 154 Å². The van der Waals surface area contributed by atoms with Crippen LogP contribution in [0.3, 0.4) is 0 Å². The maximum Gasteiger partial charge on any atom is 0.236 e. The highest BCUT2D eigenvalue weighted by Gasteiger charge is 2.79. The minimum atomic E-state index is -2.24. The summed E-state index contributed by atoms with van der Waals surface area (Å²) in [5.74, 6) is -2.41. The van der Waals surface area contributed by atoms with E-state index in [1.807, 2.05) is 13.8 Å². The van der Waals surface area contributed by atoms with Gasteiger partial charge in [-0.05, 0) is 32.1 Å². The van der Waals surface area contributed by atoms with Gasteiger partial charge >= 0.3 is 0 Å². The van der Waals surface area contributed by atoms with Crippen LogP contribution in [0.2, 0.25) is 0 Å². The van der Waals surface area contributed by atoms with Crippen LogP contribution in [-0.4, -0.2) is 55.9 Å². The molecule has 0 amide bonds. The van der Waals surface area contributed by atoms with E-state index in [0.29, 0.717) is 12.8 Å². The SMILES string of the molecule is C=C[C@]1(C)O[C@]2(C)C[C@@H](O)[C@H]3C(C)(C)CC[C@H](O)[C@]3(C)[C@@]2(O)C(=O)C1=O. The Balaban J connectivity index is 2.28. The molecule has 0 aromatic heterocycles. The summed E-state index contributed by atoms with van der Waals surface area (Å²) in [7, 11) is 0. The van der Waals surface area contributed by atoms with Crippen LogP contribution in [0.25, 0.3) is 0 Å². The molecule has 0 unspecified atom stereocenters. The molecular formula is C20H30O6. The van der Waals surface area contributed by atoms with Crippen molar-refractivity contribution in [2.75, 3.05) is 0 Å². The maximum atomic E-state index is 13.3. The van der Waals surface area contributed by atoms with E-state index in [4.69, 9.17) is 4.74 Å². The lowest BCUT2D eigenvalue weighted by Gasteiger charge is -2.69. The third-order valence-electron chi connectivity index (χ3n) is 7.58. The minimum Gasteiger partial charge on any atom is -0.393 e. The number of Topliss-reactive ketones (excluding diaryl/α,β-unsaturated/α-hetero) is 2. The van der Waals surface area contributed by atoms with Crippen LogP contribution >= 0.6 is 0 Å². The molecule has 3 rings (SSSR count). The number of fused-ring (bicyclic) bond motifs is 3. The highest BCUT2D eigenvalue weighted by Crippen LogP contribution is 2.66. The fourth-order valence-electron chi connectivity index (χ4n) is 6.24. The summed E-state index contributed by atoms with van der Waals surface area (Å²) in [6.45, 7) is 12.1. The van der Waals surface area contributed by atoms with Gasteiger partial charge in [-0.15, -0.1) is 0 Å². The van der Waals surface area contributed by atoms with Crippen molar-refractivity contribution in [3.05, 3.63) is 12.7 Å². The quantitative estimate of drug-likeness (QED) is 0.475. The summed E-state index contributed by atoms with van der Waals surface area (Å²) < 4.78 is 5.99. The number of ether oxygens (including phenoxy) is 1. The zero-order valence-electron chi connectivity index (χ0n) is 16.2. The number of rotatable bonds is 1. The first-order valence-electron chi connectivity index (χ1n) is 9.23. The molecule has 0 spiro atoms. The summed E-state index contributed by atoms with van der Waals surface area (Å²) in [5, 5.41) is 33.7. The number of hydrogen-bond donors (Lipinski definition) is 3. The molecule has 1 saturated heterocycles. The van der Waals surface area contributed by atoms with Crippen molar-refractivity contribution in [1.29, 1.82) is 0 Å². The van der Waals surface area contributed by atoms with Gasteiger partial charge in [-0.1, -0.05) is 33.4 Å². The second-order valence-electron chi connectivity index (χ2n) is 9.59. The Morgan fingerprint density at radius 2 is 1.69 bits per heavy atom. The Morgan fingerprint density at radius 1 is 1.12 bits per heavy atom. The maximum absolute atomic E-state index is 13.3. The van der Waals surface area contributed by atoms with Crippen molar-refractivity contribution < 1.29 is 29.6 Å². The van der Waals surface area contributed by atoms with Crippen LogP contribution in [0, 0.1) is 16.7 Å². The summed E-state index contributed by atoms with van der Waals surface area (Å²) in [6, 6.07) is 0. The standard InChI is InChI=1S/C20H30O6/c1-7-17(4)14(23)15(24)20(25)18(5,26-17)10-11(21)13-16(2,3)9-8-12(22)19(13,20)6/h7,11-13,21-22,25H,1,8-10H2,2-6H3/t11-,12+,13+,17+,18-,19+,20-/m1/s1. The molecule has 0 aromatic rings. The molecule has 1 aliphatic heterocycles. The molecule has 6 nitrogen and oxygen atoms in total. The number of ketones is 2. The first-order chi connectivity index (χ1) is 11.7. The molecule has 6 heteroatoms. The molecule has 2 aliphatic carbocycles. The van der Waals surface area contributed by atoms with Crippen molar-refractivity contribution >= 4 is 11.6 Å². The van der Waals surface area contributed by atoms with Crippen LogP contribution in [0.5, 0.6) is 0 Å². The van der Waals surface area contributed by atoms with Crippen molar-refractivity contribution in [2.24, 2.45) is 16.7 Å². The topological polar surface area (TPSA) is 104 Å². The van der Waals surface area contributed by atoms with E-state index >= 15 is 0 Å². The first kappa shape index (κ1) is 19.7. The molecule has 3 fully saturated rings. The van der Waals surface area contributed by atoms with Crippen LogP contribution in [0.1, 0.15) is 53.9 Å². The molecule has 26 heavy (non-hydrogen) atoms. The molecule has 7 atom stereocenters. The third kappa shape index (κ3) is 1.96. The van der Waals surface area contributed by atoms with Gasteiger partial charge in [0, 0.05) is 17.8 Å². The first-order valence-corrected chi connectivity index (χ1v) is 9.23. The largest absolute Gasteiger partial charge is 0.393 e. The molecular weight excluding hydrogens is 336 g/mol. The lowest BCUT2D eigenvalue weighted by atomic mass is 9.40. The van der Waals surface area contributed by atoms with Gasteiger partial charge < -0.3 is 20.1 Å². The average molecular weight is 366 g/mol. The number of hydrogen-bond acceptors (Lipinski definition) is 6. The Kier molecular flexibility index (Phi) is 3.97. The monoisotopic (exact) mass is 366 g/mol. The van der Waals surface area contributed by atoms with Crippen LogP contribution in [0.15, 0.2) is 12.7 Å². The van der Waals surface area contributed by atoms with Crippen molar-refractivity contribution in [2.45, 2.75) is 82.9 Å². The molecule has 0 bridgehead atoms. The van der Waals surface area contributed by atoms with Gasteiger partial charge in [0.05, 0.1) is 12.2 Å². The van der Waals surface area contributed by atoms with E-state index in [0.717, 1.165) is 0 Å². The van der Waals surface area contributed by atoms with E-state index in [9.17, 15) is 24.9 Å². The fraction of sp³-hybridized carbons (Fsp3) is 0.800. The highest BCUT2D eigenvalue weighted by atomic mass is 16.6. The lowest BCUT2D eigenvalue weighted by molar-refractivity contribution is -0.333. The molecule has 1 heterocycles. The molecule has 3 N–H and O–H groups in total. The Morgan fingerprint density at radius 3 is 2.23 bits per heavy atom. The second-order valence-corrected chi connectivity index (χ2v) is 9.59. The molecule has 2 saturated carbocycles. The van der Waals surface area contributed by atoms with Gasteiger partial charge in [0.15, 0.2) is 5.60 Å². The van der Waals surface area contributed by atoms with Crippen LogP contribution < -0.4 is 0 Å². The lowest BCUT2D eigenvalue weighted by Crippen LogP contribution is -2.84. The van der Waals surface area contributed by atoms with Gasteiger partial charge in [-0.3, -0.25) is 9.59 Å². The van der Waals surface area contributed by atoms with E-state index in [-0.39, 0.29) is 6.42 Å². The number of carbonyl (C=O) groups is 2. The smallest absolute Gasteiger partial charge is 0.236 e. The second kappa shape index (κ2) is 5.25. The minimum absolute atomic E-state index is 0.0116. The van der Waals surface area contributed by atoms with Gasteiger partial charge in [0.1, 0.15) is 11.2 Å². The summed E-state index contributed by atoms with van der Waals surface area (Å²) in [6.07, 6.45) is 0.304. The van der Waals surface area contributed by atoms with Gasteiger partial charge in [0.2, 0.25) is 11.6 Å². The Bertz CT molecular complexity index is 686. The number of aliphatic hydroxyl groups excluding tert-OH is 2. The van der Waals surface area contributed by atoms with Gasteiger partial charge in [-0.2, -0.15) is 0 Å². The Hall–Kier alpha value is -1.08. The zero-order chi connectivity index (χ0) is 19.9. The number of aliphatic hydroxyl groups is 3. The van der Waals surface area contributed by atoms with E-state index in [1.165, 1.54) is 19.9 Å². The summed E-state index contributed by atoms with van der Waals surface area (Å²) in [5.41, 5.74) is -7.18. The predicted octanol–water partition coefficient (Wildman–Crippen LogP) is 1.16. The normalized spacial score (nSPS) is 53.6. The van der Waals surface area contributed by atoms with Crippen LogP contribution in [0.4, 0.5) is 0 Å². The average Bonchev–Trinajstić information content (AvgIpc) is 2.53. The van der Waals surface area contributed by atoms with Gasteiger partial charge in [0.25, 0.3) is 0 Å². The van der Waals surface area contributed by atoms with E-state index < -0.39 is 57.3 Å². The van der Waals surface area contributed by atoms with E-state index in [2.05, 4.69) is 6.58 Å². The molecule has 0 radical (unpaired) electrons. The highest BCUT2D eigenvalue weighted by molar-refractivity contribution is 6.44. The summed E-state index contributed by atoms with van der Waals surface area (Å²) in [4.78, 5) is 26.1. The van der Waals surface area contributed by atoms with Crippen molar-refractivity contribution in [3.8, 4) is 0 Å². The zero-order valence-corrected chi connectivity index (χ0v) is 16.2. The van der Waals surface area contributed by atoms with Crippen LogP contribution in [-0.2, 0) is 14.3 Å². The van der Waals surface area contributed by atoms with Gasteiger partial charge in [-0.25, -0.2) is 0 Å². The summed E-state index contributed by atoms with van der Waals surface area (Å²) >= 11 is 0. The third-order valence-corrected chi connectivity index (χ3v) is 7.58.